The Morgan fingerprint density at radius 2 is 2.24 bits per heavy atom. The van der Waals surface area contributed by atoms with Crippen LogP contribution in [-0.2, 0) is 0 Å². The fourth-order valence-electron chi connectivity index (χ4n) is 3.18. The third-order valence-corrected chi connectivity index (χ3v) is 4.87. The number of benzene rings is 1. The SMILES string of the molecule is CCCN(c1nccc2c(Br)cccc12)C1CCCNC1. The first-order chi connectivity index (χ1) is 10.3. The number of aromatic nitrogens is 1. The zero-order valence-corrected chi connectivity index (χ0v) is 14.1. The van der Waals surface area contributed by atoms with E-state index in [1.807, 2.05) is 6.20 Å². The lowest BCUT2D eigenvalue weighted by Crippen LogP contribution is -2.46. The minimum atomic E-state index is 0.552. The third kappa shape index (κ3) is 3.06. The summed E-state index contributed by atoms with van der Waals surface area (Å²) in [7, 11) is 0. The average molecular weight is 348 g/mol. The Balaban J connectivity index is 2.04. The summed E-state index contributed by atoms with van der Waals surface area (Å²) in [5, 5.41) is 6.01. The van der Waals surface area contributed by atoms with Crippen molar-refractivity contribution in [3.8, 4) is 0 Å². The van der Waals surface area contributed by atoms with Crippen LogP contribution in [0.1, 0.15) is 26.2 Å². The predicted octanol–water partition coefficient (Wildman–Crippen LogP) is 3.97. The molecule has 1 saturated heterocycles. The normalized spacial score (nSPS) is 18.9. The fourth-order valence-corrected chi connectivity index (χ4v) is 3.68. The Bertz CT molecular complexity index is 608. The summed E-state index contributed by atoms with van der Waals surface area (Å²) in [5.74, 6) is 1.13. The van der Waals surface area contributed by atoms with Gasteiger partial charge in [-0.25, -0.2) is 4.98 Å². The molecule has 112 valence electrons. The van der Waals surface area contributed by atoms with Gasteiger partial charge in [-0.1, -0.05) is 35.0 Å². The molecule has 1 aliphatic rings. The van der Waals surface area contributed by atoms with Crippen LogP contribution < -0.4 is 10.2 Å². The van der Waals surface area contributed by atoms with Gasteiger partial charge in [-0.2, -0.15) is 0 Å². The van der Waals surface area contributed by atoms with E-state index in [-0.39, 0.29) is 0 Å². The lowest BCUT2D eigenvalue weighted by atomic mass is 10.0. The minimum absolute atomic E-state index is 0.552. The molecule has 1 aromatic heterocycles. The van der Waals surface area contributed by atoms with Crippen molar-refractivity contribution < 1.29 is 0 Å². The molecule has 1 aromatic carbocycles. The van der Waals surface area contributed by atoms with Crippen LogP contribution in [0.4, 0.5) is 5.82 Å². The van der Waals surface area contributed by atoms with Crippen LogP contribution in [0.3, 0.4) is 0 Å². The Morgan fingerprint density at radius 1 is 1.33 bits per heavy atom. The van der Waals surface area contributed by atoms with Crippen LogP contribution in [0, 0.1) is 0 Å². The van der Waals surface area contributed by atoms with Crippen molar-refractivity contribution in [1.82, 2.24) is 10.3 Å². The summed E-state index contributed by atoms with van der Waals surface area (Å²) >= 11 is 3.66. The van der Waals surface area contributed by atoms with E-state index < -0.39 is 0 Å². The maximum Gasteiger partial charge on any atom is 0.136 e. The quantitative estimate of drug-likeness (QED) is 0.906. The van der Waals surface area contributed by atoms with E-state index in [2.05, 4.69) is 57.3 Å². The highest BCUT2D eigenvalue weighted by atomic mass is 79.9. The first kappa shape index (κ1) is 14.8. The molecule has 3 nitrogen and oxygen atoms in total. The minimum Gasteiger partial charge on any atom is -0.352 e. The van der Waals surface area contributed by atoms with Gasteiger partial charge in [0, 0.05) is 40.6 Å². The number of nitrogens with one attached hydrogen (secondary N) is 1. The van der Waals surface area contributed by atoms with E-state index >= 15 is 0 Å². The van der Waals surface area contributed by atoms with Gasteiger partial charge >= 0.3 is 0 Å². The highest BCUT2D eigenvalue weighted by Crippen LogP contribution is 2.31. The second-order valence-electron chi connectivity index (χ2n) is 5.66. The van der Waals surface area contributed by atoms with Crippen molar-refractivity contribution >= 4 is 32.5 Å². The number of hydrogen-bond donors (Lipinski definition) is 1. The number of halogens is 1. The molecule has 0 spiro atoms. The molecule has 21 heavy (non-hydrogen) atoms. The number of pyridine rings is 1. The maximum atomic E-state index is 4.72. The van der Waals surface area contributed by atoms with Gasteiger partial charge in [-0.05, 0) is 37.9 Å². The second kappa shape index (κ2) is 6.75. The van der Waals surface area contributed by atoms with Crippen molar-refractivity contribution in [3.05, 3.63) is 34.9 Å². The first-order valence-corrected chi connectivity index (χ1v) is 8.61. The van der Waals surface area contributed by atoms with Crippen molar-refractivity contribution in [2.75, 3.05) is 24.5 Å². The third-order valence-electron chi connectivity index (χ3n) is 4.18. The molecule has 1 atom stereocenters. The standard InChI is InChI=1S/C17H22BrN3/c1-2-11-21(13-5-4-9-19-12-13)17-15-6-3-7-16(18)14(15)8-10-20-17/h3,6-8,10,13,19H,2,4-5,9,11-12H2,1H3. The van der Waals surface area contributed by atoms with Gasteiger partial charge in [0.15, 0.2) is 0 Å². The van der Waals surface area contributed by atoms with Crippen LogP contribution in [0.15, 0.2) is 34.9 Å². The van der Waals surface area contributed by atoms with Crippen LogP contribution in [0.25, 0.3) is 10.8 Å². The van der Waals surface area contributed by atoms with Gasteiger partial charge in [-0.3, -0.25) is 0 Å². The Labute approximate surface area is 134 Å². The van der Waals surface area contributed by atoms with Gasteiger partial charge in [-0.15, -0.1) is 0 Å². The van der Waals surface area contributed by atoms with Gasteiger partial charge in [0.05, 0.1) is 0 Å². The molecule has 1 unspecified atom stereocenters. The molecule has 0 saturated carbocycles. The van der Waals surface area contributed by atoms with Crippen molar-refractivity contribution in [2.45, 2.75) is 32.2 Å². The van der Waals surface area contributed by atoms with E-state index in [9.17, 15) is 0 Å². The molecule has 2 heterocycles. The summed E-state index contributed by atoms with van der Waals surface area (Å²) in [6, 6.07) is 9.02. The molecular formula is C17H22BrN3. The molecule has 1 N–H and O–H groups in total. The van der Waals surface area contributed by atoms with Crippen molar-refractivity contribution in [3.63, 3.8) is 0 Å². The van der Waals surface area contributed by atoms with E-state index in [1.165, 1.54) is 23.6 Å². The maximum absolute atomic E-state index is 4.72. The van der Waals surface area contributed by atoms with Gasteiger partial charge in [0.2, 0.25) is 0 Å². The number of piperidine rings is 1. The summed E-state index contributed by atoms with van der Waals surface area (Å²) in [4.78, 5) is 7.22. The summed E-state index contributed by atoms with van der Waals surface area (Å²) in [6.07, 6.45) is 5.57. The number of anilines is 1. The first-order valence-electron chi connectivity index (χ1n) is 7.82. The fraction of sp³-hybridized carbons (Fsp3) is 0.471. The molecule has 1 aliphatic heterocycles. The van der Waals surface area contributed by atoms with Crippen molar-refractivity contribution in [2.24, 2.45) is 0 Å². The largest absolute Gasteiger partial charge is 0.352 e. The number of fused-ring (bicyclic) bond motifs is 1. The summed E-state index contributed by atoms with van der Waals surface area (Å²) < 4.78 is 1.14. The summed E-state index contributed by atoms with van der Waals surface area (Å²) in [6.45, 7) is 5.51. The molecule has 2 aromatic rings. The van der Waals surface area contributed by atoms with E-state index in [0.29, 0.717) is 6.04 Å². The highest BCUT2D eigenvalue weighted by Gasteiger charge is 2.23. The Kier molecular flexibility index (Phi) is 4.76. The van der Waals surface area contributed by atoms with Crippen LogP contribution >= 0.6 is 15.9 Å². The van der Waals surface area contributed by atoms with E-state index in [4.69, 9.17) is 4.98 Å². The smallest absolute Gasteiger partial charge is 0.136 e. The molecule has 0 radical (unpaired) electrons. The van der Waals surface area contributed by atoms with Gasteiger partial charge in [0.25, 0.3) is 0 Å². The zero-order chi connectivity index (χ0) is 14.7. The molecular weight excluding hydrogens is 326 g/mol. The van der Waals surface area contributed by atoms with Crippen LogP contribution in [0.2, 0.25) is 0 Å². The monoisotopic (exact) mass is 347 g/mol. The highest BCUT2D eigenvalue weighted by molar-refractivity contribution is 9.10. The number of nitrogens with zero attached hydrogens (tertiary/aromatic N) is 2. The number of rotatable bonds is 4. The molecule has 3 rings (SSSR count). The van der Waals surface area contributed by atoms with E-state index in [0.717, 1.165) is 36.3 Å². The average Bonchev–Trinajstić information content (AvgIpc) is 2.54. The molecule has 4 heteroatoms. The van der Waals surface area contributed by atoms with Gasteiger partial charge in [0.1, 0.15) is 5.82 Å². The van der Waals surface area contributed by atoms with Crippen LogP contribution in [0.5, 0.6) is 0 Å². The Hall–Kier alpha value is -1.13. The number of hydrogen-bond acceptors (Lipinski definition) is 3. The molecule has 1 fully saturated rings. The predicted molar refractivity (Wildman–Crippen MR) is 93.0 cm³/mol. The summed E-state index contributed by atoms with van der Waals surface area (Å²) in [5.41, 5.74) is 0. The van der Waals surface area contributed by atoms with E-state index in [1.54, 1.807) is 0 Å². The Morgan fingerprint density at radius 3 is 3.00 bits per heavy atom. The zero-order valence-electron chi connectivity index (χ0n) is 12.5. The molecule has 0 aliphatic carbocycles. The van der Waals surface area contributed by atoms with Crippen molar-refractivity contribution in [1.29, 1.82) is 0 Å². The van der Waals surface area contributed by atoms with Crippen LogP contribution in [-0.4, -0.2) is 30.7 Å². The lowest BCUT2D eigenvalue weighted by Gasteiger charge is -2.36. The second-order valence-corrected chi connectivity index (χ2v) is 6.52. The molecule has 0 amide bonds. The molecule has 0 bridgehead atoms. The topological polar surface area (TPSA) is 28.2 Å². The van der Waals surface area contributed by atoms with Gasteiger partial charge < -0.3 is 10.2 Å². The lowest BCUT2D eigenvalue weighted by molar-refractivity contribution is 0.429.